The van der Waals surface area contributed by atoms with E-state index >= 15 is 0 Å². The maximum absolute atomic E-state index is 4.85. The van der Waals surface area contributed by atoms with E-state index in [1.54, 1.807) is 0 Å². The monoisotopic (exact) mass is 361 g/mol. The Balaban J connectivity index is 1.84. The number of fused-ring (bicyclic) bond motifs is 3. The van der Waals surface area contributed by atoms with E-state index in [2.05, 4.69) is 66.3 Å². The van der Waals surface area contributed by atoms with Crippen molar-refractivity contribution in [1.29, 1.82) is 0 Å². The molecule has 0 amide bonds. The van der Waals surface area contributed by atoms with Crippen molar-refractivity contribution in [2.24, 2.45) is 0 Å². The number of hydrogen-bond donors (Lipinski definition) is 0. The third-order valence-electron chi connectivity index (χ3n) is 4.89. The molecule has 0 aliphatic heterocycles. The summed E-state index contributed by atoms with van der Waals surface area (Å²) in [5.41, 5.74) is 1.07. The highest BCUT2D eigenvalue weighted by atomic mass is 32.1. The van der Waals surface area contributed by atoms with E-state index in [1.807, 2.05) is 18.3 Å². The summed E-state index contributed by atoms with van der Waals surface area (Å²) < 4.78 is 2.62. The summed E-state index contributed by atoms with van der Waals surface area (Å²) in [4.78, 5) is 14.1. The largest absolute Gasteiger partial charge is 0.218 e. The van der Waals surface area contributed by atoms with E-state index in [9.17, 15) is 0 Å². The summed E-state index contributed by atoms with van der Waals surface area (Å²) >= 11 is 1.83. The number of benzene rings is 2. The Morgan fingerprint density at radius 3 is 2.54 bits per heavy atom. The number of aryl methyl sites for hydroxylation is 1. The van der Waals surface area contributed by atoms with Crippen LogP contribution in [-0.4, -0.2) is 15.0 Å². The summed E-state index contributed by atoms with van der Waals surface area (Å²) in [6, 6.07) is 15.1. The van der Waals surface area contributed by atoms with Crippen LogP contribution in [0.5, 0.6) is 0 Å². The van der Waals surface area contributed by atoms with Crippen molar-refractivity contribution in [3.63, 3.8) is 0 Å². The maximum atomic E-state index is 4.85. The lowest BCUT2D eigenvalue weighted by molar-refractivity contribution is 0.559. The Labute approximate surface area is 158 Å². The summed E-state index contributed by atoms with van der Waals surface area (Å²) in [5.74, 6) is 2.94. The van der Waals surface area contributed by atoms with Crippen LogP contribution in [0, 0.1) is 6.92 Å². The first-order valence-electron chi connectivity index (χ1n) is 9.33. The average Bonchev–Trinajstić information content (AvgIpc) is 3.03. The summed E-state index contributed by atoms with van der Waals surface area (Å²) in [5, 5.41) is 2.58. The Morgan fingerprint density at radius 2 is 1.73 bits per heavy atom. The van der Waals surface area contributed by atoms with Crippen molar-refractivity contribution < 1.29 is 0 Å². The molecule has 2 aromatic heterocycles. The van der Waals surface area contributed by atoms with Gasteiger partial charge in [-0.2, -0.15) is 0 Å². The number of thiophene rings is 1. The summed E-state index contributed by atoms with van der Waals surface area (Å²) in [6.45, 7) is 6.39. The highest BCUT2D eigenvalue weighted by molar-refractivity contribution is 7.25. The molecule has 0 aliphatic rings. The molecule has 2 aromatic carbocycles. The highest BCUT2D eigenvalue weighted by Gasteiger charge is 2.15. The van der Waals surface area contributed by atoms with E-state index in [-0.39, 0.29) is 0 Å². The van der Waals surface area contributed by atoms with Crippen molar-refractivity contribution >= 4 is 31.5 Å². The van der Waals surface area contributed by atoms with Gasteiger partial charge in [-0.15, -0.1) is 11.3 Å². The van der Waals surface area contributed by atoms with Gasteiger partial charge in [-0.1, -0.05) is 38.5 Å². The smallest absolute Gasteiger partial charge is 0.163 e. The molecule has 0 radical (unpaired) electrons. The highest BCUT2D eigenvalue weighted by Crippen LogP contribution is 2.35. The molecule has 0 aliphatic carbocycles. The second-order valence-corrected chi connectivity index (χ2v) is 7.85. The van der Waals surface area contributed by atoms with Crippen LogP contribution in [0.15, 0.2) is 42.5 Å². The normalized spacial score (nSPS) is 12.7. The topological polar surface area (TPSA) is 38.7 Å². The SMILES string of the molecule is CCCC(CC)c1nc(C)nc(-c2ccc3sc4ccccc4c3c2)n1. The Bertz CT molecular complexity index is 1070. The Kier molecular flexibility index (Phi) is 4.68. The van der Waals surface area contributed by atoms with E-state index in [4.69, 9.17) is 4.98 Å². The van der Waals surface area contributed by atoms with Gasteiger partial charge in [0.15, 0.2) is 5.82 Å². The first-order valence-corrected chi connectivity index (χ1v) is 10.2. The Morgan fingerprint density at radius 1 is 0.923 bits per heavy atom. The molecule has 26 heavy (non-hydrogen) atoms. The second-order valence-electron chi connectivity index (χ2n) is 6.77. The van der Waals surface area contributed by atoms with Crippen LogP contribution in [-0.2, 0) is 0 Å². The number of aromatic nitrogens is 3. The van der Waals surface area contributed by atoms with Gasteiger partial charge in [-0.3, -0.25) is 0 Å². The molecule has 3 nitrogen and oxygen atoms in total. The zero-order valence-electron chi connectivity index (χ0n) is 15.5. The molecule has 0 bridgehead atoms. The minimum Gasteiger partial charge on any atom is -0.218 e. The van der Waals surface area contributed by atoms with Crippen LogP contribution in [0.1, 0.15) is 50.7 Å². The molecule has 4 heteroatoms. The fourth-order valence-electron chi connectivity index (χ4n) is 3.54. The van der Waals surface area contributed by atoms with Gasteiger partial charge in [0, 0.05) is 31.7 Å². The van der Waals surface area contributed by atoms with Gasteiger partial charge >= 0.3 is 0 Å². The lowest BCUT2D eigenvalue weighted by atomic mass is 10.00. The Hall–Kier alpha value is -2.33. The number of nitrogens with zero attached hydrogens (tertiary/aromatic N) is 3. The van der Waals surface area contributed by atoms with Gasteiger partial charge in [-0.25, -0.2) is 15.0 Å². The molecular formula is C22H23N3S. The predicted molar refractivity (Wildman–Crippen MR) is 111 cm³/mol. The third-order valence-corrected chi connectivity index (χ3v) is 6.05. The van der Waals surface area contributed by atoms with E-state index in [1.165, 1.54) is 20.2 Å². The molecule has 132 valence electrons. The van der Waals surface area contributed by atoms with E-state index in [0.717, 1.165) is 42.3 Å². The molecule has 2 heterocycles. The van der Waals surface area contributed by atoms with Gasteiger partial charge in [-0.05, 0) is 44.0 Å². The van der Waals surface area contributed by atoms with Crippen molar-refractivity contribution in [3.8, 4) is 11.4 Å². The van der Waals surface area contributed by atoms with Gasteiger partial charge in [0.05, 0.1) is 0 Å². The molecular weight excluding hydrogens is 338 g/mol. The van der Waals surface area contributed by atoms with Crippen LogP contribution in [0.25, 0.3) is 31.6 Å². The lowest BCUT2D eigenvalue weighted by Crippen LogP contribution is -2.08. The predicted octanol–water partition coefficient (Wildman–Crippen LogP) is 6.51. The van der Waals surface area contributed by atoms with Crippen molar-refractivity contribution in [1.82, 2.24) is 15.0 Å². The van der Waals surface area contributed by atoms with Gasteiger partial charge in [0.1, 0.15) is 11.6 Å². The molecule has 0 fully saturated rings. The fourth-order valence-corrected chi connectivity index (χ4v) is 4.63. The van der Waals surface area contributed by atoms with Crippen LogP contribution < -0.4 is 0 Å². The zero-order chi connectivity index (χ0) is 18.1. The summed E-state index contributed by atoms with van der Waals surface area (Å²) in [6.07, 6.45) is 3.32. The maximum Gasteiger partial charge on any atom is 0.163 e. The van der Waals surface area contributed by atoms with E-state index in [0.29, 0.717) is 5.92 Å². The van der Waals surface area contributed by atoms with Crippen LogP contribution in [0.2, 0.25) is 0 Å². The number of hydrogen-bond acceptors (Lipinski definition) is 4. The average molecular weight is 362 g/mol. The van der Waals surface area contributed by atoms with Gasteiger partial charge < -0.3 is 0 Å². The third kappa shape index (κ3) is 3.10. The number of rotatable bonds is 5. The molecule has 0 saturated carbocycles. The van der Waals surface area contributed by atoms with E-state index < -0.39 is 0 Å². The molecule has 4 rings (SSSR count). The quantitative estimate of drug-likeness (QED) is 0.407. The van der Waals surface area contributed by atoms with Crippen LogP contribution in [0.4, 0.5) is 0 Å². The van der Waals surface area contributed by atoms with Gasteiger partial charge in [0.25, 0.3) is 0 Å². The van der Waals surface area contributed by atoms with Gasteiger partial charge in [0.2, 0.25) is 0 Å². The zero-order valence-corrected chi connectivity index (χ0v) is 16.3. The van der Waals surface area contributed by atoms with Crippen molar-refractivity contribution in [2.75, 3.05) is 0 Å². The molecule has 4 aromatic rings. The van der Waals surface area contributed by atoms with Crippen molar-refractivity contribution in [2.45, 2.75) is 46.0 Å². The molecule has 0 N–H and O–H groups in total. The summed E-state index contributed by atoms with van der Waals surface area (Å²) in [7, 11) is 0. The minimum absolute atomic E-state index is 0.408. The lowest BCUT2D eigenvalue weighted by Gasteiger charge is -2.13. The van der Waals surface area contributed by atoms with Crippen LogP contribution in [0.3, 0.4) is 0 Å². The molecule has 1 unspecified atom stereocenters. The second kappa shape index (κ2) is 7.12. The first-order chi connectivity index (χ1) is 12.7. The standard InChI is InChI=1S/C22H23N3S/c1-4-8-15(5-2)21-23-14(3)24-22(25-21)16-11-12-20-18(13-16)17-9-6-7-10-19(17)26-20/h6-7,9-13,15H,4-5,8H2,1-3H3. The fraction of sp³-hybridized carbons (Fsp3) is 0.318. The van der Waals surface area contributed by atoms with Crippen LogP contribution >= 0.6 is 11.3 Å². The minimum atomic E-state index is 0.408. The van der Waals surface area contributed by atoms with Crippen molar-refractivity contribution in [3.05, 3.63) is 54.1 Å². The molecule has 0 spiro atoms. The first kappa shape index (κ1) is 17.1. The molecule has 0 saturated heterocycles. The molecule has 1 atom stereocenters.